The van der Waals surface area contributed by atoms with Crippen molar-refractivity contribution < 1.29 is 0 Å². The van der Waals surface area contributed by atoms with Gasteiger partial charge in [-0.15, -0.1) is 0 Å². The summed E-state index contributed by atoms with van der Waals surface area (Å²) < 4.78 is 2.02. The molecule has 1 heterocycles. The first-order valence-electron chi connectivity index (χ1n) is 6.33. The molecule has 0 aliphatic rings. The van der Waals surface area contributed by atoms with Crippen LogP contribution in [0.2, 0.25) is 0 Å². The van der Waals surface area contributed by atoms with E-state index in [1.54, 1.807) is 0 Å². The molecule has 1 atom stereocenters. The van der Waals surface area contributed by atoms with Crippen molar-refractivity contribution in [1.82, 2.24) is 15.1 Å². The lowest BCUT2D eigenvalue weighted by Gasteiger charge is -2.21. The van der Waals surface area contributed by atoms with Crippen molar-refractivity contribution in [2.45, 2.75) is 46.6 Å². The van der Waals surface area contributed by atoms with Crippen molar-refractivity contribution in [3.05, 3.63) is 17.5 Å². The highest BCUT2D eigenvalue weighted by Gasteiger charge is 2.15. The van der Waals surface area contributed by atoms with Crippen molar-refractivity contribution in [1.29, 1.82) is 0 Å². The molecule has 0 aliphatic carbocycles. The van der Waals surface area contributed by atoms with Crippen molar-refractivity contribution in [2.75, 3.05) is 6.54 Å². The maximum Gasteiger partial charge on any atom is 0.0624 e. The molecule has 0 saturated carbocycles. The van der Waals surface area contributed by atoms with E-state index < -0.39 is 0 Å². The molecule has 1 aromatic rings. The Hall–Kier alpha value is -0.830. The van der Waals surface area contributed by atoms with Gasteiger partial charge in [-0.1, -0.05) is 27.7 Å². The molecule has 0 spiro atoms. The average molecular weight is 223 g/mol. The summed E-state index contributed by atoms with van der Waals surface area (Å²) in [5.74, 6) is 0.653. The molecule has 3 nitrogen and oxygen atoms in total. The van der Waals surface area contributed by atoms with Gasteiger partial charge in [-0.2, -0.15) is 5.10 Å². The van der Waals surface area contributed by atoms with Gasteiger partial charge in [0.1, 0.15) is 0 Å². The van der Waals surface area contributed by atoms with E-state index in [0.29, 0.717) is 12.0 Å². The number of hydrogen-bond donors (Lipinski definition) is 1. The van der Waals surface area contributed by atoms with Gasteiger partial charge in [0, 0.05) is 25.2 Å². The highest BCUT2D eigenvalue weighted by Crippen LogP contribution is 2.11. The molecule has 1 unspecified atom stereocenters. The second-order valence-electron chi connectivity index (χ2n) is 4.72. The van der Waals surface area contributed by atoms with Crippen molar-refractivity contribution in [3.63, 3.8) is 0 Å². The minimum atomic E-state index is 0.546. The minimum Gasteiger partial charge on any atom is -0.314 e. The van der Waals surface area contributed by atoms with E-state index in [0.717, 1.165) is 19.4 Å². The Bertz CT molecular complexity index is 315. The number of hydrogen-bond acceptors (Lipinski definition) is 2. The molecular formula is C13H25N3. The Balaban J connectivity index is 2.72. The van der Waals surface area contributed by atoms with Gasteiger partial charge in [0.25, 0.3) is 0 Å². The largest absolute Gasteiger partial charge is 0.314 e. The first kappa shape index (κ1) is 13.2. The lowest BCUT2D eigenvalue weighted by molar-refractivity contribution is 0.397. The molecule has 92 valence electrons. The van der Waals surface area contributed by atoms with Crippen molar-refractivity contribution >= 4 is 0 Å². The fourth-order valence-corrected chi connectivity index (χ4v) is 1.97. The molecule has 0 saturated heterocycles. The van der Waals surface area contributed by atoms with E-state index in [1.807, 2.05) is 11.7 Å². The van der Waals surface area contributed by atoms with Gasteiger partial charge in [0.2, 0.25) is 0 Å². The summed E-state index contributed by atoms with van der Waals surface area (Å²) in [5, 5.41) is 8.03. The van der Waals surface area contributed by atoms with Crippen LogP contribution < -0.4 is 5.32 Å². The first-order valence-corrected chi connectivity index (χ1v) is 6.33. The van der Waals surface area contributed by atoms with E-state index >= 15 is 0 Å². The Morgan fingerprint density at radius 1 is 1.38 bits per heavy atom. The quantitative estimate of drug-likeness (QED) is 0.801. The summed E-state index contributed by atoms with van der Waals surface area (Å²) in [6, 6.07) is 2.78. The van der Waals surface area contributed by atoms with E-state index in [9.17, 15) is 0 Å². The third-order valence-electron chi connectivity index (χ3n) is 3.09. The molecule has 0 aromatic carbocycles. The van der Waals surface area contributed by atoms with Crippen LogP contribution in [0.5, 0.6) is 0 Å². The molecule has 0 amide bonds. The summed E-state index contributed by atoms with van der Waals surface area (Å²) in [6.07, 6.45) is 2.08. The summed E-state index contributed by atoms with van der Waals surface area (Å²) in [4.78, 5) is 0. The number of likely N-dealkylation sites (N-methyl/N-ethyl adjacent to an activating group) is 1. The third kappa shape index (κ3) is 3.34. The topological polar surface area (TPSA) is 29.9 Å². The van der Waals surface area contributed by atoms with Gasteiger partial charge in [-0.05, 0) is 24.9 Å². The fourth-order valence-electron chi connectivity index (χ4n) is 1.97. The zero-order chi connectivity index (χ0) is 12.1. The molecule has 0 aliphatic heterocycles. The molecule has 16 heavy (non-hydrogen) atoms. The van der Waals surface area contributed by atoms with Crippen LogP contribution >= 0.6 is 0 Å². The highest BCUT2D eigenvalue weighted by molar-refractivity contribution is 5.11. The average Bonchev–Trinajstić information content (AvgIpc) is 2.59. The van der Waals surface area contributed by atoms with Crippen molar-refractivity contribution in [3.8, 4) is 0 Å². The molecule has 0 radical (unpaired) electrons. The molecule has 3 heteroatoms. The van der Waals surface area contributed by atoms with Gasteiger partial charge < -0.3 is 5.32 Å². The van der Waals surface area contributed by atoms with Crippen LogP contribution in [-0.4, -0.2) is 22.4 Å². The van der Waals surface area contributed by atoms with Crippen molar-refractivity contribution in [2.24, 2.45) is 13.0 Å². The SMILES string of the molecule is CCNC(Cc1cc(CC)nn1C)C(C)C. The van der Waals surface area contributed by atoms with Crippen LogP contribution in [0, 0.1) is 5.92 Å². The monoisotopic (exact) mass is 223 g/mol. The smallest absolute Gasteiger partial charge is 0.0624 e. The summed E-state index contributed by atoms with van der Waals surface area (Å²) in [5.41, 5.74) is 2.52. The standard InChI is InChI=1S/C13H25N3/c1-6-11-8-12(16(5)15-11)9-13(10(3)4)14-7-2/h8,10,13-14H,6-7,9H2,1-5H3. The van der Waals surface area contributed by atoms with E-state index in [2.05, 4.69) is 44.2 Å². The highest BCUT2D eigenvalue weighted by atomic mass is 15.3. The molecule has 1 rings (SSSR count). The number of rotatable bonds is 6. The Labute approximate surface area is 99.2 Å². The second-order valence-corrected chi connectivity index (χ2v) is 4.72. The molecule has 1 N–H and O–H groups in total. The Morgan fingerprint density at radius 2 is 2.06 bits per heavy atom. The van der Waals surface area contributed by atoms with Gasteiger partial charge in [-0.3, -0.25) is 4.68 Å². The van der Waals surface area contributed by atoms with Gasteiger partial charge in [0.05, 0.1) is 5.69 Å². The lowest BCUT2D eigenvalue weighted by atomic mass is 9.99. The number of nitrogens with zero attached hydrogens (tertiary/aromatic N) is 2. The summed E-state index contributed by atoms with van der Waals surface area (Å²) >= 11 is 0. The van der Waals surface area contributed by atoms with Crippen LogP contribution in [0.3, 0.4) is 0 Å². The van der Waals surface area contributed by atoms with Gasteiger partial charge in [-0.25, -0.2) is 0 Å². The fraction of sp³-hybridized carbons (Fsp3) is 0.769. The normalized spacial score (nSPS) is 13.4. The Kier molecular flexibility index (Phi) is 5.00. The number of aryl methyl sites for hydroxylation is 2. The lowest BCUT2D eigenvalue weighted by Crippen LogP contribution is -2.36. The van der Waals surface area contributed by atoms with Crippen LogP contribution in [0.4, 0.5) is 0 Å². The number of aromatic nitrogens is 2. The predicted molar refractivity (Wildman–Crippen MR) is 68.6 cm³/mol. The maximum atomic E-state index is 4.49. The zero-order valence-corrected chi connectivity index (χ0v) is 11.2. The predicted octanol–water partition coefficient (Wildman–Crippen LogP) is 2.16. The van der Waals surface area contributed by atoms with Gasteiger partial charge >= 0.3 is 0 Å². The van der Waals surface area contributed by atoms with Gasteiger partial charge in [0.15, 0.2) is 0 Å². The Morgan fingerprint density at radius 3 is 2.50 bits per heavy atom. The summed E-state index contributed by atoms with van der Waals surface area (Å²) in [7, 11) is 2.04. The molecule has 1 aromatic heterocycles. The maximum absolute atomic E-state index is 4.49. The minimum absolute atomic E-state index is 0.546. The van der Waals surface area contributed by atoms with E-state index in [1.165, 1.54) is 11.4 Å². The first-order chi connectivity index (χ1) is 7.58. The second kappa shape index (κ2) is 6.04. The van der Waals surface area contributed by atoms with E-state index in [4.69, 9.17) is 0 Å². The van der Waals surface area contributed by atoms with Crippen LogP contribution in [0.1, 0.15) is 39.1 Å². The number of nitrogens with one attached hydrogen (secondary N) is 1. The van der Waals surface area contributed by atoms with Crippen LogP contribution in [-0.2, 0) is 19.9 Å². The summed E-state index contributed by atoms with van der Waals surface area (Å²) in [6.45, 7) is 9.88. The molecule has 0 bridgehead atoms. The van der Waals surface area contributed by atoms with Crippen LogP contribution in [0.25, 0.3) is 0 Å². The van der Waals surface area contributed by atoms with Crippen LogP contribution in [0.15, 0.2) is 6.07 Å². The third-order valence-corrected chi connectivity index (χ3v) is 3.09. The molecular weight excluding hydrogens is 198 g/mol. The van der Waals surface area contributed by atoms with E-state index in [-0.39, 0.29) is 0 Å². The zero-order valence-electron chi connectivity index (χ0n) is 11.2. The molecule has 0 fully saturated rings.